The number of nitrogens with one attached hydrogen (secondary N) is 1. The number of amides is 1. The maximum atomic E-state index is 11.6. The highest BCUT2D eigenvalue weighted by molar-refractivity contribution is 5.79. The zero-order valence-electron chi connectivity index (χ0n) is 12.1. The summed E-state index contributed by atoms with van der Waals surface area (Å²) in [7, 11) is 0. The van der Waals surface area contributed by atoms with Gasteiger partial charge >= 0.3 is 5.63 Å². The molecule has 0 bridgehead atoms. The highest BCUT2D eigenvalue weighted by Crippen LogP contribution is 2.19. The highest BCUT2D eigenvalue weighted by atomic mass is 16.5. The van der Waals surface area contributed by atoms with E-state index in [2.05, 4.69) is 12.2 Å². The fourth-order valence-electron chi connectivity index (χ4n) is 1.93. The molecule has 0 atom stereocenters. The highest BCUT2D eigenvalue weighted by Gasteiger charge is 2.04. The summed E-state index contributed by atoms with van der Waals surface area (Å²) in [6.07, 6.45) is 3.20. The number of hydrogen-bond acceptors (Lipinski definition) is 4. The van der Waals surface area contributed by atoms with Crippen molar-refractivity contribution < 1.29 is 13.9 Å². The second-order valence-electron chi connectivity index (χ2n) is 4.80. The Balaban J connectivity index is 1.88. The van der Waals surface area contributed by atoms with Gasteiger partial charge in [-0.25, -0.2) is 4.79 Å². The maximum absolute atomic E-state index is 11.6. The molecule has 1 heterocycles. The second-order valence-corrected chi connectivity index (χ2v) is 4.80. The molecule has 0 radical (unpaired) electrons. The van der Waals surface area contributed by atoms with E-state index in [1.54, 1.807) is 24.3 Å². The molecule has 112 valence electrons. The molecule has 0 aliphatic heterocycles. The van der Waals surface area contributed by atoms with E-state index in [1.165, 1.54) is 6.07 Å². The predicted octanol–water partition coefficient (Wildman–Crippen LogP) is 2.48. The lowest BCUT2D eigenvalue weighted by atomic mass is 10.2. The van der Waals surface area contributed by atoms with E-state index in [-0.39, 0.29) is 12.5 Å². The molecule has 2 rings (SSSR count). The van der Waals surface area contributed by atoms with Crippen LogP contribution in [0.4, 0.5) is 0 Å². The lowest BCUT2D eigenvalue weighted by Gasteiger charge is -2.07. The summed E-state index contributed by atoms with van der Waals surface area (Å²) in [4.78, 5) is 22.7. The molecule has 0 spiro atoms. The quantitative estimate of drug-likeness (QED) is 0.628. The van der Waals surface area contributed by atoms with E-state index < -0.39 is 5.63 Å². The number of unbranched alkanes of at least 4 members (excludes halogenated alkanes) is 2. The van der Waals surface area contributed by atoms with Crippen molar-refractivity contribution in [3.63, 3.8) is 0 Å². The van der Waals surface area contributed by atoms with Crippen molar-refractivity contribution in [2.24, 2.45) is 0 Å². The van der Waals surface area contributed by atoms with Crippen LogP contribution in [-0.2, 0) is 4.79 Å². The van der Waals surface area contributed by atoms with E-state index in [0.717, 1.165) is 24.6 Å². The number of hydrogen-bond donors (Lipinski definition) is 1. The Kier molecular flexibility index (Phi) is 5.37. The minimum atomic E-state index is -0.409. The van der Waals surface area contributed by atoms with Crippen LogP contribution in [-0.4, -0.2) is 19.1 Å². The average molecular weight is 289 g/mol. The van der Waals surface area contributed by atoms with E-state index >= 15 is 0 Å². The molecule has 1 amide bonds. The topological polar surface area (TPSA) is 68.5 Å². The van der Waals surface area contributed by atoms with Crippen molar-refractivity contribution in [1.82, 2.24) is 5.32 Å². The fraction of sp³-hybridized carbons (Fsp3) is 0.375. The SMILES string of the molecule is CCCCCNC(=O)COc1ccc2ccc(=O)oc2c1. The van der Waals surface area contributed by atoms with Crippen LogP contribution in [0.2, 0.25) is 0 Å². The number of fused-ring (bicyclic) bond motifs is 1. The number of carbonyl (C=O) groups excluding carboxylic acids is 1. The van der Waals surface area contributed by atoms with Crippen LogP contribution >= 0.6 is 0 Å². The van der Waals surface area contributed by atoms with Crippen molar-refractivity contribution in [2.75, 3.05) is 13.2 Å². The van der Waals surface area contributed by atoms with E-state index in [9.17, 15) is 9.59 Å². The lowest BCUT2D eigenvalue weighted by Crippen LogP contribution is -2.29. The van der Waals surface area contributed by atoms with Gasteiger partial charge in [-0.15, -0.1) is 0 Å². The number of benzene rings is 1. The molecule has 5 nitrogen and oxygen atoms in total. The van der Waals surface area contributed by atoms with Crippen LogP contribution in [0.15, 0.2) is 39.5 Å². The lowest BCUT2D eigenvalue weighted by molar-refractivity contribution is -0.123. The van der Waals surface area contributed by atoms with Crippen molar-refractivity contribution in [1.29, 1.82) is 0 Å². The smallest absolute Gasteiger partial charge is 0.336 e. The molecule has 5 heteroatoms. The van der Waals surface area contributed by atoms with Crippen LogP contribution in [0, 0.1) is 0 Å². The summed E-state index contributed by atoms with van der Waals surface area (Å²) in [6, 6.07) is 8.19. The first-order chi connectivity index (χ1) is 10.2. The summed E-state index contributed by atoms with van der Waals surface area (Å²) in [5.41, 5.74) is 0.0386. The van der Waals surface area contributed by atoms with Gasteiger partial charge in [0.1, 0.15) is 11.3 Å². The third-order valence-electron chi connectivity index (χ3n) is 3.07. The minimum absolute atomic E-state index is 0.0469. The zero-order chi connectivity index (χ0) is 15.1. The fourth-order valence-corrected chi connectivity index (χ4v) is 1.93. The first-order valence-electron chi connectivity index (χ1n) is 7.12. The molecule has 0 aliphatic rings. The third kappa shape index (κ3) is 4.63. The van der Waals surface area contributed by atoms with Crippen molar-refractivity contribution in [3.8, 4) is 5.75 Å². The molecule has 1 aromatic carbocycles. The Labute approximate surface area is 122 Å². The Morgan fingerprint density at radius 1 is 1.24 bits per heavy atom. The Hall–Kier alpha value is -2.30. The largest absolute Gasteiger partial charge is 0.484 e. The molecule has 2 aromatic rings. The van der Waals surface area contributed by atoms with Gasteiger partial charge in [0, 0.05) is 24.1 Å². The van der Waals surface area contributed by atoms with Crippen LogP contribution in [0.5, 0.6) is 5.75 Å². The molecule has 21 heavy (non-hydrogen) atoms. The number of ether oxygens (including phenoxy) is 1. The van der Waals surface area contributed by atoms with Gasteiger partial charge in [0.2, 0.25) is 0 Å². The van der Waals surface area contributed by atoms with Gasteiger partial charge in [-0.1, -0.05) is 19.8 Å². The summed E-state index contributed by atoms with van der Waals surface area (Å²) in [6.45, 7) is 2.74. The van der Waals surface area contributed by atoms with Gasteiger partial charge in [0.05, 0.1) is 0 Å². The standard InChI is InChI=1S/C16H19NO4/c1-2-3-4-9-17-15(18)11-20-13-7-5-12-6-8-16(19)21-14(12)10-13/h5-8,10H,2-4,9,11H2,1H3,(H,17,18). The van der Waals surface area contributed by atoms with E-state index in [1.807, 2.05) is 0 Å². The van der Waals surface area contributed by atoms with Gasteiger partial charge < -0.3 is 14.5 Å². The minimum Gasteiger partial charge on any atom is -0.484 e. The predicted molar refractivity (Wildman–Crippen MR) is 80.5 cm³/mol. The van der Waals surface area contributed by atoms with Gasteiger partial charge in [-0.05, 0) is 24.6 Å². The van der Waals surface area contributed by atoms with Crippen LogP contribution in [0.3, 0.4) is 0 Å². The Morgan fingerprint density at radius 3 is 2.86 bits per heavy atom. The summed E-state index contributed by atoms with van der Waals surface area (Å²) >= 11 is 0. The first kappa shape index (κ1) is 15.1. The van der Waals surface area contributed by atoms with Crippen LogP contribution in [0.1, 0.15) is 26.2 Å². The molecular formula is C16H19NO4. The second kappa shape index (κ2) is 7.47. The normalized spacial score (nSPS) is 10.5. The molecular weight excluding hydrogens is 270 g/mol. The molecule has 0 saturated heterocycles. The third-order valence-corrected chi connectivity index (χ3v) is 3.07. The first-order valence-corrected chi connectivity index (χ1v) is 7.12. The monoisotopic (exact) mass is 289 g/mol. The summed E-state index contributed by atoms with van der Waals surface area (Å²) in [5.74, 6) is 0.348. The molecule has 0 saturated carbocycles. The van der Waals surface area contributed by atoms with Crippen molar-refractivity contribution in [2.45, 2.75) is 26.2 Å². The Bertz CT molecular complexity index is 663. The molecule has 0 aliphatic carbocycles. The van der Waals surface area contributed by atoms with E-state index in [4.69, 9.17) is 9.15 Å². The summed E-state index contributed by atoms with van der Waals surface area (Å²) < 4.78 is 10.5. The number of carbonyl (C=O) groups is 1. The van der Waals surface area contributed by atoms with Crippen molar-refractivity contribution in [3.05, 3.63) is 40.8 Å². The summed E-state index contributed by atoms with van der Waals surface area (Å²) in [5, 5.41) is 3.61. The number of rotatable bonds is 7. The molecule has 1 aromatic heterocycles. The molecule has 0 unspecified atom stereocenters. The Morgan fingerprint density at radius 2 is 2.05 bits per heavy atom. The van der Waals surface area contributed by atoms with Gasteiger partial charge in [0.15, 0.2) is 6.61 Å². The van der Waals surface area contributed by atoms with Gasteiger partial charge in [-0.3, -0.25) is 4.79 Å². The van der Waals surface area contributed by atoms with Crippen molar-refractivity contribution >= 4 is 16.9 Å². The van der Waals surface area contributed by atoms with Crippen LogP contribution < -0.4 is 15.7 Å². The molecule has 1 N–H and O–H groups in total. The van der Waals surface area contributed by atoms with E-state index in [0.29, 0.717) is 17.9 Å². The average Bonchev–Trinajstić information content (AvgIpc) is 2.49. The molecule has 0 fully saturated rings. The van der Waals surface area contributed by atoms with Gasteiger partial charge in [-0.2, -0.15) is 0 Å². The maximum Gasteiger partial charge on any atom is 0.336 e. The van der Waals surface area contributed by atoms with Gasteiger partial charge in [0.25, 0.3) is 5.91 Å². The zero-order valence-corrected chi connectivity index (χ0v) is 12.1. The van der Waals surface area contributed by atoms with Crippen LogP contribution in [0.25, 0.3) is 11.0 Å².